The molecule has 1 aromatic heterocycles. The molecule has 1 amide bonds. The number of halogens is 2. The van der Waals surface area contributed by atoms with E-state index in [1.165, 1.54) is 31.1 Å². The number of aromatic nitrogens is 1. The molecule has 0 radical (unpaired) electrons. The number of carbonyl (C=O) groups excluding carboxylic acids is 1. The van der Waals surface area contributed by atoms with Gasteiger partial charge in [-0.1, -0.05) is 30.1 Å². The lowest BCUT2D eigenvalue weighted by Gasteiger charge is -2.20. The molecule has 1 aromatic rings. The third kappa shape index (κ3) is 3.58. The van der Waals surface area contributed by atoms with Crippen LogP contribution in [0.1, 0.15) is 17.3 Å². The van der Waals surface area contributed by atoms with E-state index in [1.54, 1.807) is 0 Å². The topological polar surface area (TPSA) is 70.5 Å². The van der Waals surface area contributed by atoms with Crippen LogP contribution in [0.15, 0.2) is 12.3 Å². The summed E-state index contributed by atoms with van der Waals surface area (Å²) in [6, 6.07) is 1.36. The Kier molecular flexibility index (Phi) is 4.93. The van der Waals surface area contributed by atoms with E-state index in [-0.39, 0.29) is 22.3 Å². The molecule has 0 saturated carbocycles. The van der Waals surface area contributed by atoms with Crippen LogP contribution < -0.4 is 0 Å². The summed E-state index contributed by atoms with van der Waals surface area (Å²) in [5.41, 5.74) is 0.205. The molecule has 7 heteroatoms. The molecular weight excluding hydrogens is 279 g/mol. The van der Waals surface area contributed by atoms with Crippen molar-refractivity contribution in [2.45, 2.75) is 6.92 Å². The van der Waals surface area contributed by atoms with Crippen molar-refractivity contribution in [3.63, 3.8) is 0 Å². The van der Waals surface area contributed by atoms with Crippen LogP contribution in [0.2, 0.25) is 10.2 Å². The minimum absolute atomic E-state index is 0.0877. The summed E-state index contributed by atoms with van der Waals surface area (Å²) in [5, 5.41) is 9.12. The molecular formula is C11H12Cl2N2O3. The molecule has 0 spiro atoms. The molecule has 0 aliphatic carbocycles. The number of carboxylic acids is 1. The quantitative estimate of drug-likeness (QED) is 0.863. The number of aliphatic carboxylic acids is 1. The Bertz CT molecular complexity index is 479. The molecule has 1 heterocycles. The van der Waals surface area contributed by atoms with Gasteiger partial charge in [0.1, 0.15) is 5.15 Å². The maximum absolute atomic E-state index is 12.0. The number of hydrogen-bond donors (Lipinski definition) is 1. The van der Waals surface area contributed by atoms with Gasteiger partial charge < -0.3 is 10.0 Å². The average Bonchev–Trinajstić information content (AvgIpc) is 2.31. The van der Waals surface area contributed by atoms with E-state index in [0.29, 0.717) is 0 Å². The van der Waals surface area contributed by atoms with Gasteiger partial charge in [0, 0.05) is 19.8 Å². The monoisotopic (exact) mass is 290 g/mol. The summed E-state index contributed by atoms with van der Waals surface area (Å²) in [5.74, 6) is -2.01. The van der Waals surface area contributed by atoms with Crippen molar-refractivity contribution >= 4 is 35.1 Å². The standard InChI is InChI=1S/C11H12Cl2N2O3/c1-6(11(17)18)5-15(2)10(16)7-3-9(13)14-4-8(7)12/h3-4,6H,5H2,1-2H3,(H,17,18). The average molecular weight is 291 g/mol. The van der Waals surface area contributed by atoms with E-state index >= 15 is 0 Å². The molecule has 0 aliphatic rings. The lowest BCUT2D eigenvalue weighted by atomic mass is 10.1. The zero-order valence-corrected chi connectivity index (χ0v) is 11.4. The molecule has 1 unspecified atom stereocenters. The number of carboxylic acid groups (broad SMARTS) is 1. The van der Waals surface area contributed by atoms with E-state index in [4.69, 9.17) is 28.3 Å². The summed E-state index contributed by atoms with van der Waals surface area (Å²) in [6.07, 6.45) is 1.28. The number of carbonyl (C=O) groups is 2. The van der Waals surface area contributed by atoms with Crippen LogP contribution in [-0.2, 0) is 4.79 Å². The van der Waals surface area contributed by atoms with Crippen molar-refractivity contribution in [2.24, 2.45) is 5.92 Å². The van der Waals surface area contributed by atoms with Crippen molar-refractivity contribution in [3.05, 3.63) is 28.0 Å². The first-order valence-electron chi connectivity index (χ1n) is 5.12. The summed E-state index contributed by atoms with van der Waals surface area (Å²) in [7, 11) is 1.51. The van der Waals surface area contributed by atoms with E-state index in [1.807, 2.05) is 0 Å². The second kappa shape index (κ2) is 6.02. The van der Waals surface area contributed by atoms with Gasteiger partial charge in [-0.3, -0.25) is 9.59 Å². The minimum atomic E-state index is -0.964. The maximum Gasteiger partial charge on any atom is 0.308 e. The molecule has 0 bridgehead atoms. The Hall–Kier alpha value is -1.33. The van der Waals surface area contributed by atoms with Gasteiger partial charge in [0.15, 0.2) is 0 Å². The molecule has 5 nitrogen and oxygen atoms in total. The first-order chi connectivity index (χ1) is 8.32. The predicted octanol–water partition coefficient (Wildman–Crippen LogP) is 2.18. The minimum Gasteiger partial charge on any atom is -0.481 e. The molecule has 1 N–H and O–H groups in total. The highest BCUT2D eigenvalue weighted by molar-refractivity contribution is 6.35. The van der Waals surface area contributed by atoms with Crippen LogP contribution in [0.5, 0.6) is 0 Å². The van der Waals surface area contributed by atoms with E-state index in [0.717, 1.165) is 0 Å². The lowest BCUT2D eigenvalue weighted by Crippen LogP contribution is -2.33. The summed E-state index contributed by atoms with van der Waals surface area (Å²) >= 11 is 11.5. The van der Waals surface area contributed by atoms with Gasteiger partial charge in [0.25, 0.3) is 5.91 Å². The molecule has 1 rings (SSSR count). The molecule has 18 heavy (non-hydrogen) atoms. The predicted molar refractivity (Wildman–Crippen MR) is 68.0 cm³/mol. The van der Waals surface area contributed by atoms with Crippen LogP contribution in [-0.4, -0.2) is 40.5 Å². The Morgan fingerprint density at radius 3 is 2.67 bits per heavy atom. The zero-order valence-electron chi connectivity index (χ0n) is 9.85. The Balaban J connectivity index is 2.86. The Morgan fingerprint density at radius 2 is 2.11 bits per heavy atom. The lowest BCUT2D eigenvalue weighted by molar-refractivity contribution is -0.141. The summed E-state index contributed by atoms with van der Waals surface area (Å²) in [6.45, 7) is 1.61. The summed E-state index contributed by atoms with van der Waals surface area (Å²) < 4.78 is 0. The third-order valence-electron chi connectivity index (χ3n) is 2.37. The number of pyridine rings is 1. The highest BCUT2D eigenvalue weighted by atomic mass is 35.5. The fourth-order valence-corrected chi connectivity index (χ4v) is 1.70. The van der Waals surface area contributed by atoms with Crippen molar-refractivity contribution in [1.82, 2.24) is 9.88 Å². The summed E-state index contributed by atoms with van der Waals surface area (Å²) in [4.78, 5) is 27.8. The molecule has 0 aliphatic heterocycles. The fourth-order valence-electron chi connectivity index (χ4n) is 1.35. The van der Waals surface area contributed by atoms with Gasteiger partial charge in [0.05, 0.1) is 16.5 Å². The van der Waals surface area contributed by atoms with Crippen molar-refractivity contribution in [2.75, 3.05) is 13.6 Å². The maximum atomic E-state index is 12.0. The highest BCUT2D eigenvalue weighted by Gasteiger charge is 2.20. The van der Waals surface area contributed by atoms with Crippen LogP contribution in [0, 0.1) is 5.92 Å². The van der Waals surface area contributed by atoms with Crippen LogP contribution in [0.3, 0.4) is 0 Å². The fraction of sp³-hybridized carbons (Fsp3) is 0.364. The second-order valence-corrected chi connectivity index (χ2v) is 4.71. The van der Waals surface area contributed by atoms with Gasteiger partial charge >= 0.3 is 5.97 Å². The van der Waals surface area contributed by atoms with Crippen LogP contribution in [0.25, 0.3) is 0 Å². The van der Waals surface area contributed by atoms with E-state index in [9.17, 15) is 9.59 Å². The van der Waals surface area contributed by atoms with Crippen LogP contribution >= 0.6 is 23.2 Å². The molecule has 0 saturated heterocycles. The number of rotatable bonds is 4. The first-order valence-corrected chi connectivity index (χ1v) is 5.87. The number of amides is 1. The smallest absolute Gasteiger partial charge is 0.308 e. The number of hydrogen-bond acceptors (Lipinski definition) is 3. The van der Waals surface area contributed by atoms with Gasteiger partial charge in [-0.05, 0) is 6.07 Å². The normalized spacial score (nSPS) is 12.0. The van der Waals surface area contributed by atoms with E-state index < -0.39 is 17.8 Å². The molecule has 0 aromatic carbocycles. The van der Waals surface area contributed by atoms with Crippen molar-refractivity contribution in [1.29, 1.82) is 0 Å². The molecule has 98 valence electrons. The van der Waals surface area contributed by atoms with Crippen molar-refractivity contribution < 1.29 is 14.7 Å². The van der Waals surface area contributed by atoms with Gasteiger partial charge in [0.2, 0.25) is 0 Å². The number of nitrogens with zero attached hydrogens (tertiary/aromatic N) is 2. The van der Waals surface area contributed by atoms with E-state index in [2.05, 4.69) is 4.98 Å². The van der Waals surface area contributed by atoms with Gasteiger partial charge in [-0.25, -0.2) is 4.98 Å². The zero-order chi connectivity index (χ0) is 13.9. The third-order valence-corrected chi connectivity index (χ3v) is 2.88. The SMILES string of the molecule is CC(CN(C)C(=O)c1cc(Cl)ncc1Cl)C(=O)O. The Morgan fingerprint density at radius 1 is 1.50 bits per heavy atom. The first kappa shape index (κ1) is 14.7. The molecule has 1 atom stereocenters. The van der Waals surface area contributed by atoms with Crippen LogP contribution in [0.4, 0.5) is 0 Å². The van der Waals surface area contributed by atoms with Gasteiger partial charge in [-0.15, -0.1) is 0 Å². The highest BCUT2D eigenvalue weighted by Crippen LogP contribution is 2.19. The van der Waals surface area contributed by atoms with Gasteiger partial charge in [-0.2, -0.15) is 0 Å². The molecule has 0 fully saturated rings. The Labute approximate surface area is 114 Å². The largest absolute Gasteiger partial charge is 0.481 e. The second-order valence-electron chi connectivity index (χ2n) is 3.91. The van der Waals surface area contributed by atoms with Crippen molar-refractivity contribution in [3.8, 4) is 0 Å².